The standard InChI is InChI=1S/C13H20N2O3S/c1-3-4-10(14)9-13(16)15-11-5-7-12(8-6-11)19(2,17)18/h5-8,10H,3-4,9,14H2,1-2H3,(H,15,16). The number of anilines is 1. The Balaban J connectivity index is 2.61. The van der Waals surface area contributed by atoms with Crippen LogP contribution < -0.4 is 11.1 Å². The second kappa shape index (κ2) is 6.68. The van der Waals surface area contributed by atoms with Crippen LogP contribution in [-0.2, 0) is 14.6 Å². The number of amides is 1. The minimum Gasteiger partial charge on any atom is -0.327 e. The lowest BCUT2D eigenvalue weighted by Gasteiger charge is -2.10. The summed E-state index contributed by atoms with van der Waals surface area (Å²) in [7, 11) is -3.21. The maximum absolute atomic E-state index is 11.7. The largest absolute Gasteiger partial charge is 0.327 e. The van der Waals surface area contributed by atoms with Crippen LogP contribution in [0.15, 0.2) is 29.2 Å². The van der Waals surface area contributed by atoms with Gasteiger partial charge in [-0.3, -0.25) is 4.79 Å². The van der Waals surface area contributed by atoms with Crippen molar-refractivity contribution in [3.05, 3.63) is 24.3 Å². The summed E-state index contributed by atoms with van der Waals surface area (Å²) in [5.41, 5.74) is 6.35. The van der Waals surface area contributed by atoms with E-state index in [2.05, 4.69) is 5.32 Å². The Labute approximate surface area is 114 Å². The van der Waals surface area contributed by atoms with E-state index in [1.54, 1.807) is 12.1 Å². The molecule has 0 aliphatic carbocycles. The van der Waals surface area contributed by atoms with E-state index in [4.69, 9.17) is 5.73 Å². The first-order valence-corrected chi connectivity index (χ1v) is 8.07. The number of carbonyl (C=O) groups excluding carboxylic acids is 1. The summed E-state index contributed by atoms with van der Waals surface area (Å²) < 4.78 is 22.6. The number of hydrogen-bond acceptors (Lipinski definition) is 4. The Morgan fingerprint density at radius 2 is 1.89 bits per heavy atom. The zero-order valence-electron chi connectivity index (χ0n) is 11.2. The van der Waals surface area contributed by atoms with Crippen molar-refractivity contribution in [2.24, 2.45) is 5.73 Å². The van der Waals surface area contributed by atoms with Gasteiger partial charge in [0.1, 0.15) is 0 Å². The van der Waals surface area contributed by atoms with Crippen molar-refractivity contribution in [3.63, 3.8) is 0 Å². The van der Waals surface area contributed by atoms with Crippen LogP contribution in [0.1, 0.15) is 26.2 Å². The molecule has 0 aliphatic rings. The molecule has 1 unspecified atom stereocenters. The first-order chi connectivity index (χ1) is 8.82. The van der Waals surface area contributed by atoms with Crippen molar-refractivity contribution < 1.29 is 13.2 Å². The third kappa shape index (κ3) is 5.40. The lowest BCUT2D eigenvalue weighted by atomic mass is 10.1. The van der Waals surface area contributed by atoms with Crippen LogP contribution >= 0.6 is 0 Å². The highest BCUT2D eigenvalue weighted by Crippen LogP contribution is 2.14. The van der Waals surface area contributed by atoms with Gasteiger partial charge in [-0.05, 0) is 30.7 Å². The van der Waals surface area contributed by atoms with Gasteiger partial charge in [0.2, 0.25) is 5.91 Å². The third-order valence-electron chi connectivity index (χ3n) is 2.67. The van der Waals surface area contributed by atoms with E-state index < -0.39 is 9.84 Å². The van der Waals surface area contributed by atoms with E-state index in [9.17, 15) is 13.2 Å². The molecule has 1 aromatic rings. The highest BCUT2D eigenvalue weighted by Gasteiger charge is 2.10. The molecule has 1 rings (SSSR count). The molecule has 0 radical (unpaired) electrons. The number of rotatable bonds is 6. The predicted octanol–water partition coefficient (Wildman–Crippen LogP) is 1.55. The molecule has 3 N–H and O–H groups in total. The molecule has 1 amide bonds. The smallest absolute Gasteiger partial charge is 0.225 e. The van der Waals surface area contributed by atoms with Crippen LogP contribution in [-0.4, -0.2) is 26.6 Å². The number of carbonyl (C=O) groups is 1. The second-order valence-electron chi connectivity index (χ2n) is 4.60. The maximum Gasteiger partial charge on any atom is 0.225 e. The van der Waals surface area contributed by atoms with Crippen molar-refractivity contribution in [1.82, 2.24) is 0 Å². The first-order valence-electron chi connectivity index (χ1n) is 6.18. The van der Waals surface area contributed by atoms with Gasteiger partial charge >= 0.3 is 0 Å². The zero-order chi connectivity index (χ0) is 14.5. The summed E-state index contributed by atoms with van der Waals surface area (Å²) in [5, 5.41) is 2.70. The Morgan fingerprint density at radius 3 is 2.37 bits per heavy atom. The van der Waals surface area contributed by atoms with E-state index in [1.165, 1.54) is 12.1 Å². The Kier molecular flexibility index (Phi) is 5.50. The molecule has 0 spiro atoms. The van der Waals surface area contributed by atoms with Gasteiger partial charge in [0.05, 0.1) is 4.90 Å². The molecule has 0 heterocycles. The monoisotopic (exact) mass is 284 g/mol. The van der Waals surface area contributed by atoms with Gasteiger partial charge in [-0.2, -0.15) is 0 Å². The van der Waals surface area contributed by atoms with Crippen LogP contribution in [0, 0.1) is 0 Å². The van der Waals surface area contributed by atoms with Crippen molar-refractivity contribution >= 4 is 21.4 Å². The highest BCUT2D eigenvalue weighted by atomic mass is 32.2. The summed E-state index contributed by atoms with van der Waals surface area (Å²) >= 11 is 0. The molecule has 0 aromatic heterocycles. The molecule has 1 aromatic carbocycles. The van der Waals surface area contributed by atoms with Gasteiger partial charge in [0.25, 0.3) is 0 Å². The molecule has 0 bridgehead atoms. The van der Waals surface area contributed by atoms with E-state index in [0.717, 1.165) is 19.1 Å². The van der Waals surface area contributed by atoms with E-state index in [-0.39, 0.29) is 23.3 Å². The van der Waals surface area contributed by atoms with Crippen molar-refractivity contribution in [2.45, 2.75) is 37.1 Å². The van der Waals surface area contributed by atoms with Crippen LogP contribution in [0.3, 0.4) is 0 Å². The quantitative estimate of drug-likeness (QED) is 0.829. The lowest BCUT2D eigenvalue weighted by Crippen LogP contribution is -2.26. The normalized spacial score (nSPS) is 13.0. The average Bonchev–Trinajstić information content (AvgIpc) is 2.28. The summed E-state index contributed by atoms with van der Waals surface area (Å²) in [6.45, 7) is 2.02. The number of sulfone groups is 1. The third-order valence-corrected chi connectivity index (χ3v) is 3.80. The predicted molar refractivity (Wildman–Crippen MR) is 75.7 cm³/mol. The van der Waals surface area contributed by atoms with Crippen LogP contribution in [0.25, 0.3) is 0 Å². The van der Waals surface area contributed by atoms with E-state index in [1.807, 2.05) is 6.92 Å². The Morgan fingerprint density at radius 1 is 1.32 bits per heavy atom. The van der Waals surface area contributed by atoms with Crippen LogP contribution in [0.4, 0.5) is 5.69 Å². The van der Waals surface area contributed by atoms with Crippen molar-refractivity contribution in [3.8, 4) is 0 Å². The molecule has 19 heavy (non-hydrogen) atoms. The summed E-state index contributed by atoms with van der Waals surface area (Å²) in [5.74, 6) is -0.159. The van der Waals surface area contributed by atoms with Gasteiger partial charge in [-0.15, -0.1) is 0 Å². The highest BCUT2D eigenvalue weighted by molar-refractivity contribution is 7.90. The fourth-order valence-electron chi connectivity index (χ4n) is 1.71. The van der Waals surface area contributed by atoms with Gasteiger partial charge in [0.15, 0.2) is 9.84 Å². The lowest BCUT2D eigenvalue weighted by molar-refractivity contribution is -0.116. The minimum atomic E-state index is -3.21. The van der Waals surface area contributed by atoms with Gasteiger partial charge in [0, 0.05) is 24.4 Å². The number of nitrogens with one attached hydrogen (secondary N) is 1. The maximum atomic E-state index is 11.7. The molecule has 0 fully saturated rings. The molecule has 5 nitrogen and oxygen atoms in total. The Bertz CT molecular complexity index is 523. The Hall–Kier alpha value is -1.40. The first kappa shape index (κ1) is 15.7. The molecule has 0 saturated heterocycles. The van der Waals surface area contributed by atoms with Crippen molar-refractivity contribution in [1.29, 1.82) is 0 Å². The number of hydrogen-bond donors (Lipinski definition) is 2. The second-order valence-corrected chi connectivity index (χ2v) is 6.61. The van der Waals surface area contributed by atoms with E-state index in [0.29, 0.717) is 5.69 Å². The average molecular weight is 284 g/mol. The topological polar surface area (TPSA) is 89.3 Å². The van der Waals surface area contributed by atoms with Gasteiger partial charge in [-0.25, -0.2) is 8.42 Å². The molecule has 6 heteroatoms. The SMILES string of the molecule is CCCC(N)CC(=O)Nc1ccc(S(C)(=O)=O)cc1. The molecule has 0 aliphatic heterocycles. The van der Waals surface area contributed by atoms with Crippen LogP contribution in [0.2, 0.25) is 0 Å². The summed E-state index contributed by atoms with van der Waals surface area (Å²) in [6, 6.07) is 5.94. The van der Waals surface area contributed by atoms with E-state index >= 15 is 0 Å². The molecule has 1 atom stereocenters. The van der Waals surface area contributed by atoms with Gasteiger partial charge < -0.3 is 11.1 Å². The van der Waals surface area contributed by atoms with Crippen LogP contribution in [0.5, 0.6) is 0 Å². The number of nitrogens with two attached hydrogens (primary N) is 1. The fourth-order valence-corrected chi connectivity index (χ4v) is 2.34. The fraction of sp³-hybridized carbons (Fsp3) is 0.462. The molecule has 0 saturated carbocycles. The van der Waals surface area contributed by atoms with Gasteiger partial charge in [-0.1, -0.05) is 13.3 Å². The summed E-state index contributed by atoms with van der Waals surface area (Å²) in [4.78, 5) is 11.9. The molecule has 106 valence electrons. The summed E-state index contributed by atoms with van der Waals surface area (Å²) in [6.07, 6.45) is 3.16. The number of benzene rings is 1. The molecular weight excluding hydrogens is 264 g/mol. The minimum absolute atomic E-state index is 0.139. The van der Waals surface area contributed by atoms with Crippen molar-refractivity contribution in [2.75, 3.05) is 11.6 Å². The zero-order valence-corrected chi connectivity index (χ0v) is 12.0. The molecular formula is C13H20N2O3S.